The highest BCUT2D eigenvalue weighted by molar-refractivity contribution is 7.14. The smallest absolute Gasteiger partial charge is 0.354 e. The van der Waals surface area contributed by atoms with E-state index in [0.29, 0.717) is 16.4 Å². The number of H-pyrrole nitrogens is 1. The van der Waals surface area contributed by atoms with E-state index in [1.165, 1.54) is 18.4 Å². The van der Waals surface area contributed by atoms with E-state index in [2.05, 4.69) is 25.3 Å². The van der Waals surface area contributed by atoms with Crippen LogP contribution in [0, 0.1) is 0 Å². The van der Waals surface area contributed by atoms with Gasteiger partial charge in [0.25, 0.3) is 5.92 Å². The molecule has 2 aromatic heterocycles. The van der Waals surface area contributed by atoms with Gasteiger partial charge in [0, 0.05) is 23.6 Å². The molecule has 10 heteroatoms. The number of amides is 1. The number of carbonyl (C=O) groups excluding carboxylic acids is 2. The van der Waals surface area contributed by atoms with Crippen LogP contribution in [0.4, 0.5) is 13.9 Å². The van der Waals surface area contributed by atoms with Gasteiger partial charge in [-0.05, 0) is 6.07 Å². The van der Waals surface area contributed by atoms with Crippen LogP contribution in [0.5, 0.6) is 0 Å². The molecule has 3 heterocycles. The average molecular weight is 356 g/mol. The Balaban J connectivity index is 1.66. The van der Waals surface area contributed by atoms with E-state index in [-0.39, 0.29) is 5.69 Å². The molecule has 0 spiro atoms. The summed E-state index contributed by atoms with van der Waals surface area (Å²) in [6, 6.07) is 0.636. The van der Waals surface area contributed by atoms with Crippen molar-refractivity contribution in [3.8, 4) is 11.3 Å². The molecular weight excluding hydrogens is 342 g/mol. The van der Waals surface area contributed by atoms with Crippen molar-refractivity contribution in [1.29, 1.82) is 0 Å². The van der Waals surface area contributed by atoms with Gasteiger partial charge in [0.15, 0.2) is 5.13 Å². The van der Waals surface area contributed by atoms with Gasteiger partial charge in [-0.25, -0.2) is 18.6 Å². The molecule has 0 bridgehead atoms. The molecular formula is C14H14F2N4O3S. The summed E-state index contributed by atoms with van der Waals surface area (Å²) >= 11 is 1.17. The molecule has 0 aromatic carbocycles. The highest BCUT2D eigenvalue weighted by atomic mass is 32.1. The molecule has 0 aliphatic carbocycles. The molecule has 1 unspecified atom stereocenters. The minimum absolute atomic E-state index is 0.281. The summed E-state index contributed by atoms with van der Waals surface area (Å²) in [5.41, 5.74) is 1.48. The second-order valence-corrected chi connectivity index (χ2v) is 6.17. The standard InChI is InChI=1S/C14H14F2N4O3S/c1-23-12(22)8-2-7(4-17-8)10-5-24-13(19-10)20-11(21)9-3-14(15,16)6-18-9/h2,4-5,9,17-18H,3,6H2,1H3,(H,19,20,21). The lowest BCUT2D eigenvalue weighted by Gasteiger charge is -2.08. The van der Waals surface area contributed by atoms with Gasteiger partial charge in [-0.1, -0.05) is 0 Å². The zero-order valence-electron chi connectivity index (χ0n) is 12.6. The SMILES string of the molecule is COC(=O)c1cc(-c2csc(NC(=O)C3CC(F)(F)CN3)n2)c[nH]1. The van der Waals surface area contributed by atoms with E-state index >= 15 is 0 Å². The molecule has 1 aliphatic heterocycles. The van der Waals surface area contributed by atoms with E-state index in [4.69, 9.17) is 0 Å². The monoisotopic (exact) mass is 356 g/mol. The van der Waals surface area contributed by atoms with Crippen LogP contribution in [-0.2, 0) is 9.53 Å². The van der Waals surface area contributed by atoms with E-state index in [1.807, 2.05) is 0 Å². The zero-order chi connectivity index (χ0) is 17.3. The number of hydrogen-bond donors (Lipinski definition) is 3. The van der Waals surface area contributed by atoms with Crippen molar-refractivity contribution >= 4 is 28.3 Å². The molecule has 3 rings (SSSR count). The molecule has 128 valence electrons. The van der Waals surface area contributed by atoms with Crippen LogP contribution in [-0.4, -0.2) is 47.5 Å². The fourth-order valence-electron chi connectivity index (χ4n) is 2.33. The number of thiazole rings is 1. The first-order valence-corrected chi connectivity index (χ1v) is 7.90. The first-order chi connectivity index (χ1) is 11.4. The summed E-state index contributed by atoms with van der Waals surface area (Å²) in [5, 5.41) is 7.00. The molecule has 1 fully saturated rings. The van der Waals surface area contributed by atoms with Gasteiger partial charge in [0.05, 0.1) is 25.4 Å². The summed E-state index contributed by atoms with van der Waals surface area (Å²) in [7, 11) is 1.28. The number of aromatic nitrogens is 2. The first-order valence-electron chi connectivity index (χ1n) is 7.03. The second-order valence-electron chi connectivity index (χ2n) is 5.31. The number of hydrogen-bond acceptors (Lipinski definition) is 6. The van der Waals surface area contributed by atoms with Crippen LogP contribution < -0.4 is 10.6 Å². The minimum atomic E-state index is -2.87. The third-order valence-corrected chi connectivity index (χ3v) is 4.30. The number of nitrogens with one attached hydrogen (secondary N) is 3. The van der Waals surface area contributed by atoms with E-state index in [9.17, 15) is 18.4 Å². The summed E-state index contributed by atoms with van der Waals surface area (Å²) in [4.78, 5) is 30.4. The fourth-order valence-corrected chi connectivity index (χ4v) is 3.05. The Morgan fingerprint density at radius 2 is 2.29 bits per heavy atom. The van der Waals surface area contributed by atoms with Crippen molar-refractivity contribution in [2.45, 2.75) is 18.4 Å². The Bertz CT molecular complexity index is 774. The molecule has 1 aliphatic rings. The Kier molecular flexibility index (Phi) is 4.33. The highest BCUT2D eigenvalue weighted by Crippen LogP contribution is 2.28. The Morgan fingerprint density at radius 1 is 1.50 bits per heavy atom. The number of alkyl halides is 2. The number of ether oxygens (including phenoxy) is 1. The third-order valence-electron chi connectivity index (χ3n) is 3.54. The van der Waals surface area contributed by atoms with Crippen LogP contribution in [0.15, 0.2) is 17.6 Å². The van der Waals surface area contributed by atoms with Crippen molar-refractivity contribution in [2.24, 2.45) is 0 Å². The van der Waals surface area contributed by atoms with Gasteiger partial charge < -0.3 is 15.0 Å². The van der Waals surface area contributed by atoms with Gasteiger partial charge in [-0.2, -0.15) is 0 Å². The molecule has 3 N–H and O–H groups in total. The van der Waals surface area contributed by atoms with Gasteiger partial charge in [-0.3, -0.25) is 10.1 Å². The summed E-state index contributed by atoms with van der Waals surface area (Å²) in [5.74, 6) is -3.92. The summed E-state index contributed by atoms with van der Waals surface area (Å²) < 4.78 is 30.8. The van der Waals surface area contributed by atoms with Crippen molar-refractivity contribution in [3.63, 3.8) is 0 Å². The molecule has 0 saturated carbocycles. The molecule has 24 heavy (non-hydrogen) atoms. The number of aromatic amines is 1. The van der Waals surface area contributed by atoms with E-state index < -0.39 is 36.8 Å². The zero-order valence-corrected chi connectivity index (χ0v) is 13.4. The van der Waals surface area contributed by atoms with Crippen molar-refractivity contribution in [2.75, 3.05) is 19.0 Å². The van der Waals surface area contributed by atoms with E-state index in [1.54, 1.807) is 17.6 Å². The van der Waals surface area contributed by atoms with Crippen LogP contribution in [0.3, 0.4) is 0 Å². The van der Waals surface area contributed by atoms with Crippen molar-refractivity contribution in [1.82, 2.24) is 15.3 Å². The van der Waals surface area contributed by atoms with Crippen LogP contribution in [0.1, 0.15) is 16.9 Å². The first kappa shape index (κ1) is 16.5. The molecule has 1 atom stereocenters. The fraction of sp³-hybridized carbons (Fsp3) is 0.357. The lowest BCUT2D eigenvalue weighted by Crippen LogP contribution is -2.35. The van der Waals surface area contributed by atoms with Crippen molar-refractivity contribution in [3.05, 3.63) is 23.3 Å². The molecule has 2 aromatic rings. The second kappa shape index (κ2) is 6.29. The maximum atomic E-state index is 13.1. The predicted octanol–water partition coefficient (Wildman–Crippen LogP) is 1.86. The number of esters is 1. The minimum Gasteiger partial charge on any atom is -0.464 e. The number of methoxy groups -OCH3 is 1. The Morgan fingerprint density at radius 3 is 2.96 bits per heavy atom. The quantitative estimate of drug-likeness (QED) is 0.727. The average Bonchev–Trinajstić information content (AvgIpc) is 3.25. The Labute approximate surface area is 139 Å². The molecule has 1 amide bonds. The molecule has 1 saturated heterocycles. The maximum Gasteiger partial charge on any atom is 0.354 e. The number of anilines is 1. The van der Waals surface area contributed by atoms with Crippen LogP contribution >= 0.6 is 11.3 Å². The van der Waals surface area contributed by atoms with Gasteiger partial charge >= 0.3 is 5.97 Å². The summed E-state index contributed by atoms with van der Waals surface area (Å²) in [6.07, 6.45) is 1.06. The van der Waals surface area contributed by atoms with Gasteiger partial charge in [0.1, 0.15) is 5.69 Å². The lowest BCUT2D eigenvalue weighted by atomic mass is 10.2. The number of nitrogens with zero attached hydrogens (tertiary/aromatic N) is 1. The number of rotatable bonds is 4. The molecule has 7 nitrogen and oxygen atoms in total. The summed E-state index contributed by atoms with van der Waals surface area (Å²) in [6.45, 7) is -0.506. The van der Waals surface area contributed by atoms with Crippen LogP contribution in [0.25, 0.3) is 11.3 Å². The Hall–Kier alpha value is -2.33. The normalized spacial score (nSPS) is 19.2. The topological polar surface area (TPSA) is 96.1 Å². The molecule has 0 radical (unpaired) electrons. The van der Waals surface area contributed by atoms with Gasteiger partial charge in [-0.15, -0.1) is 11.3 Å². The van der Waals surface area contributed by atoms with Gasteiger partial charge in [0.2, 0.25) is 5.91 Å². The largest absolute Gasteiger partial charge is 0.464 e. The highest BCUT2D eigenvalue weighted by Gasteiger charge is 2.42. The number of carbonyl (C=O) groups is 2. The number of halogens is 2. The maximum absolute atomic E-state index is 13.1. The van der Waals surface area contributed by atoms with Crippen molar-refractivity contribution < 1.29 is 23.1 Å². The van der Waals surface area contributed by atoms with Crippen LogP contribution in [0.2, 0.25) is 0 Å². The van der Waals surface area contributed by atoms with E-state index in [0.717, 1.165) is 0 Å². The third kappa shape index (κ3) is 3.44. The lowest BCUT2D eigenvalue weighted by molar-refractivity contribution is -0.118. The predicted molar refractivity (Wildman–Crippen MR) is 83.2 cm³/mol.